The van der Waals surface area contributed by atoms with Crippen molar-refractivity contribution in [2.24, 2.45) is 5.92 Å². The maximum absolute atomic E-state index is 6.09. The Bertz CT molecular complexity index is 623. The number of fused-ring (bicyclic) bond motifs is 1. The van der Waals surface area contributed by atoms with Crippen LogP contribution in [-0.2, 0) is 6.54 Å². The zero-order valence-corrected chi connectivity index (χ0v) is 12.6. The van der Waals surface area contributed by atoms with Crippen LogP contribution in [0.15, 0.2) is 18.2 Å². The maximum atomic E-state index is 6.09. The Labute approximate surface area is 123 Å². The minimum Gasteiger partial charge on any atom is -0.331 e. The van der Waals surface area contributed by atoms with Crippen LogP contribution in [-0.4, -0.2) is 9.55 Å². The zero-order valence-electron chi connectivity index (χ0n) is 11.0. The molecule has 1 fully saturated rings. The molecule has 1 aliphatic carbocycles. The van der Waals surface area contributed by atoms with Crippen molar-refractivity contribution < 1.29 is 0 Å². The highest BCUT2D eigenvalue weighted by molar-refractivity contribution is 7.71. The van der Waals surface area contributed by atoms with E-state index < -0.39 is 0 Å². The summed E-state index contributed by atoms with van der Waals surface area (Å²) >= 11 is 11.5. The van der Waals surface area contributed by atoms with Crippen LogP contribution in [0.1, 0.15) is 38.5 Å². The summed E-state index contributed by atoms with van der Waals surface area (Å²) < 4.78 is 3.01. The number of hydrogen-bond acceptors (Lipinski definition) is 1. The van der Waals surface area contributed by atoms with Crippen LogP contribution in [0.2, 0.25) is 5.02 Å². The van der Waals surface area contributed by atoms with Gasteiger partial charge in [-0.25, -0.2) is 0 Å². The molecular weight excluding hydrogens is 276 g/mol. The van der Waals surface area contributed by atoms with Gasteiger partial charge in [0.15, 0.2) is 4.77 Å². The number of benzene rings is 1. The van der Waals surface area contributed by atoms with Gasteiger partial charge in [0.2, 0.25) is 0 Å². The highest BCUT2D eigenvalue weighted by Gasteiger charge is 2.14. The van der Waals surface area contributed by atoms with Crippen molar-refractivity contribution in [2.75, 3.05) is 0 Å². The van der Waals surface area contributed by atoms with E-state index in [0.29, 0.717) is 0 Å². The number of aromatic nitrogens is 2. The molecule has 1 aromatic carbocycles. The largest absolute Gasteiger partial charge is 0.331 e. The number of hydrogen-bond donors (Lipinski definition) is 1. The number of aromatic amines is 1. The lowest BCUT2D eigenvalue weighted by atomic mass is 9.87. The van der Waals surface area contributed by atoms with E-state index in [4.69, 9.17) is 23.8 Å². The average Bonchev–Trinajstić information content (AvgIpc) is 2.73. The molecule has 0 atom stereocenters. The van der Waals surface area contributed by atoms with Gasteiger partial charge in [-0.3, -0.25) is 0 Å². The molecule has 1 aromatic heterocycles. The van der Waals surface area contributed by atoms with Crippen molar-refractivity contribution in [3.63, 3.8) is 0 Å². The van der Waals surface area contributed by atoms with Gasteiger partial charge in [-0.05, 0) is 42.8 Å². The minimum absolute atomic E-state index is 0.771. The van der Waals surface area contributed by atoms with Gasteiger partial charge in [0.1, 0.15) is 0 Å². The molecule has 1 aliphatic rings. The van der Waals surface area contributed by atoms with E-state index in [2.05, 4.69) is 9.55 Å². The first-order chi connectivity index (χ1) is 9.24. The third-order valence-corrected chi connectivity index (χ3v) is 4.78. The monoisotopic (exact) mass is 294 g/mol. The summed E-state index contributed by atoms with van der Waals surface area (Å²) in [5.74, 6) is 0.875. The van der Waals surface area contributed by atoms with Crippen molar-refractivity contribution in [3.05, 3.63) is 28.0 Å². The van der Waals surface area contributed by atoms with Crippen LogP contribution in [0.25, 0.3) is 11.0 Å². The van der Waals surface area contributed by atoms with Gasteiger partial charge < -0.3 is 9.55 Å². The summed E-state index contributed by atoms with van der Waals surface area (Å²) in [5, 5.41) is 0.771. The van der Waals surface area contributed by atoms with Crippen LogP contribution in [0, 0.1) is 10.7 Å². The van der Waals surface area contributed by atoms with E-state index in [1.54, 1.807) is 0 Å². The van der Waals surface area contributed by atoms with E-state index >= 15 is 0 Å². The summed E-state index contributed by atoms with van der Waals surface area (Å²) in [7, 11) is 0. The predicted octanol–water partition coefficient (Wildman–Crippen LogP) is 5.32. The van der Waals surface area contributed by atoms with Gasteiger partial charge in [-0.15, -0.1) is 0 Å². The molecule has 0 unspecified atom stereocenters. The fourth-order valence-corrected chi connectivity index (χ4v) is 3.60. The number of rotatable bonds is 3. The van der Waals surface area contributed by atoms with Gasteiger partial charge in [0.05, 0.1) is 11.0 Å². The third-order valence-electron chi connectivity index (χ3n) is 4.22. The van der Waals surface area contributed by atoms with E-state index in [-0.39, 0.29) is 0 Å². The average molecular weight is 295 g/mol. The lowest BCUT2D eigenvalue weighted by Gasteiger charge is -2.21. The van der Waals surface area contributed by atoms with E-state index in [1.807, 2.05) is 18.2 Å². The molecule has 102 valence electrons. The topological polar surface area (TPSA) is 20.7 Å². The second-order valence-corrected chi connectivity index (χ2v) is 6.36. The first-order valence-corrected chi connectivity index (χ1v) is 7.91. The quantitative estimate of drug-likeness (QED) is 0.760. The molecule has 2 nitrogen and oxygen atoms in total. The summed E-state index contributed by atoms with van der Waals surface area (Å²) in [6, 6.07) is 5.91. The van der Waals surface area contributed by atoms with Gasteiger partial charge in [0.25, 0.3) is 0 Å². The molecule has 1 saturated carbocycles. The number of aryl methyl sites for hydroxylation is 1. The maximum Gasteiger partial charge on any atom is 0.178 e. The molecule has 0 bridgehead atoms. The zero-order chi connectivity index (χ0) is 13.2. The van der Waals surface area contributed by atoms with Gasteiger partial charge in [0, 0.05) is 11.6 Å². The number of nitrogens with one attached hydrogen (secondary N) is 1. The van der Waals surface area contributed by atoms with Gasteiger partial charge >= 0.3 is 0 Å². The highest BCUT2D eigenvalue weighted by atomic mass is 35.5. The highest BCUT2D eigenvalue weighted by Crippen LogP contribution is 2.27. The molecule has 1 N–H and O–H groups in total. The van der Waals surface area contributed by atoms with Crippen LogP contribution in [0.4, 0.5) is 0 Å². The van der Waals surface area contributed by atoms with Crippen molar-refractivity contribution in [2.45, 2.75) is 45.1 Å². The molecule has 3 rings (SSSR count). The molecule has 19 heavy (non-hydrogen) atoms. The molecule has 1 heterocycles. The Hall–Kier alpha value is -0.800. The third kappa shape index (κ3) is 2.87. The van der Waals surface area contributed by atoms with Crippen LogP contribution in [0.5, 0.6) is 0 Å². The van der Waals surface area contributed by atoms with Crippen molar-refractivity contribution in [1.29, 1.82) is 0 Å². The predicted molar refractivity (Wildman–Crippen MR) is 83.3 cm³/mol. The first kappa shape index (κ1) is 13.2. The van der Waals surface area contributed by atoms with E-state index in [1.165, 1.54) is 38.5 Å². The van der Waals surface area contributed by atoms with Crippen LogP contribution < -0.4 is 0 Å². The number of imidazole rings is 1. The van der Waals surface area contributed by atoms with Crippen LogP contribution in [0.3, 0.4) is 0 Å². The van der Waals surface area contributed by atoms with E-state index in [9.17, 15) is 0 Å². The molecule has 2 aromatic rings. The van der Waals surface area contributed by atoms with Crippen LogP contribution >= 0.6 is 23.8 Å². The number of halogens is 1. The smallest absolute Gasteiger partial charge is 0.178 e. The molecule has 0 spiro atoms. The SMILES string of the molecule is S=c1[nH]c2ccc(Cl)cc2n1CCC1CCCCC1. The second-order valence-electron chi connectivity index (χ2n) is 5.54. The molecular formula is C15H19ClN2S. The molecule has 0 saturated heterocycles. The standard InChI is InChI=1S/C15H19ClN2S/c16-12-6-7-13-14(10-12)18(15(19)17-13)9-8-11-4-2-1-3-5-11/h6-7,10-11H,1-5,8-9H2,(H,17,19). The lowest BCUT2D eigenvalue weighted by Crippen LogP contribution is -2.10. The van der Waals surface area contributed by atoms with Crippen molar-refractivity contribution in [3.8, 4) is 0 Å². The molecule has 0 amide bonds. The van der Waals surface area contributed by atoms with Crippen molar-refractivity contribution in [1.82, 2.24) is 9.55 Å². The summed E-state index contributed by atoms with van der Waals surface area (Å²) in [4.78, 5) is 3.26. The Morgan fingerprint density at radius 2 is 2.05 bits per heavy atom. The fourth-order valence-electron chi connectivity index (χ4n) is 3.14. The Morgan fingerprint density at radius 3 is 2.84 bits per heavy atom. The summed E-state index contributed by atoms with van der Waals surface area (Å²) in [6.45, 7) is 1.00. The number of nitrogens with zero attached hydrogens (tertiary/aromatic N) is 1. The first-order valence-electron chi connectivity index (χ1n) is 7.12. The second kappa shape index (κ2) is 5.68. The molecule has 0 radical (unpaired) electrons. The van der Waals surface area contributed by atoms with Crippen molar-refractivity contribution >= 4 is 34.9 Å². The Kier molecular flexibility index (Phi) is 3.94. The van der Waals surface area contributed by atoms with Gasteiger partial charge in [-0.2, -0.15) is 0 Å². The summed E-state index contributed by atoms with van der Waals surface area (Å²) in [6.07, 6.45) is 8.21. The lowest BCUT2D eigenvalue weighted by molar-refractivity contribution is 0.325. The Morgan fingerprint density at radius 1 is 1.26 bits per heavy atom. The molecule has 0 aliphatic heterocycles. The normalized spacial score (nSPS) is 17.1. The fraction of sp³-hybridized carbons (Fsp3) is 0.533. The Balaban J connectivity index is 1.81. The molecule has 4 heteroatoms. The van der Waals surface area contributed by atoms with E-state index in [0.717, 1.165) is 33.3 Å². The summed E-state index contributed by atoms with van der Waals surface area (Å²) in [5.41, 5.74) is 2.21. The minimum atomic E-state index is 0.771. The number of H-pyrrole nitrogens is 1. The van der Waals surface area contributed by atoms with Gasteiger partial charge in [-0.1, -0.05) is 43.7 Å².